The molecule has 0 fully saturated rings. The van der Waals surface area contributed by atoms with E-state index in [0.29, 0.717) is 0 Å². The van der Waals surface area contributed by atoms with E-state index in [0.717, 1.165) is 13.0 Å². The van der Waals surface area contributed by atoms with Crippen LogP contribution in [0.15, 0.2) is 0 Å². The lowest BCUT2D eigenvalue weighted by molar-refractivity contribution is -0.147. The zero-order chi connectivity index (χ0) is 11.7. The first-order valence-electron chi connectivity index (χ1n) is 4.96. The number of carbonyl (C=O) groups is 2. The second-order valence-electron chi connectivity index (χ2n) is 3.17. The first-order valence-corrected chi connectivity index (χ1v) is 4.96. The van der Waals surface area contributed by atoms with E-state index in [1.807, 2.05) is 6.92 Å². The topological polar surface area (TPSA) is 98.7 Å². The smallest absolute Gasteiger partial charge is 0.332 e. The Labute approximate surface area is 88.7 Å². The molecule has 0 spiro atoms. The van der Waals surface area contributed by atoms with E-state index in [1.165, 1.54) is 0 Å². The van der Waals surface area contributed by atoms with Gasteiger partial charge in [0.15, 0.2) is 6.10 Å². The quantitative estimate of drug-likeness (QED) is 0.389. The minimum atomic E-state index is -1.41. The average Bonchev–Trinajstić information content (AvgIpc) is 2.18. The maximum Gasteiger partial charge on any atom is 0.332 e. The maximum absolute atomic E-state index is 11.1. The molecule has 1 atom stereocenters. The second-order valence-corrected chi connectivity index (χ2v) is 3.17. The SMILES string of the molecule is CCCNCC(=O)NCCC(O)C(=O)O. The number of hydrogen-bond acceptors (Lipinski definition) is 4. The van der Waals surface area contributed by atoms with Crippen molar-refractivity contribution in [2.75, 3.05) is 19.6 Å². The minimum Gasteiger partial charge on any atom is -0.479 e. The summed E-state index contributed by atoms with van der Waals surface area (Å²) in [6, 6.07) is 0. The maximum atomic E-state index is 11.1. The van der Waals surface area contributed by atoms with Gasteiger partial charge in [-0.1, -0.05) is 6.92 Å². The van der Waals surface area contributed by atoms with Gasteiger partial charge in [0.1, 0.15) is 0 Å². The van der Waals surface area contributed by atoms with E-state index in [4.69, 9.17) is 10.2 Å². The molecule has 0 aromatic heterocycles. The van der Waals surface area contributed by atoms with E-state index in [-0.39, 0.29) is 25.4 Å². The molecule has 0 heterocycles. The number of nitrogens with one attached hydrogen (secondary N) is 2. The molecule has 6 nitrogen and oxygen atoms in total. The highest BCUT2D eigenvalue weighted by molar-refractivity contribution is 5.78. The van der Waals surface area contributed by atoms with Gasteiger partial charge in [-0.05, 0) is 13.0 Å². The number of amides is 1. The summed E-state index contributed by atoms with van der Waals surface area (Å²) in [4.78, 5) is 21.3. The molecule has 0 aromatic carbocycles. The standard InChI is InChI=1S/C9H18N2O4/c1-2-4-10-6-8(13)11-5-3-7(12)9(14)15/h7,10,12H,2-6H2,1H3,(H,11,13)(H,14,15). The summed E-state index contributed by atoms with van der Waals surface area (Å²) < 4.78 is 0. The summed E-state index contributed by atoms with van der Waals surface area (Å²) in [5, 5.41) is 22.6. The van der Waals surface area contributed by atoms with Crippen LogP contribution in [0.25, 0.3) is 0 Å². The van der Waals surface area contributed by atoms with E-state index < -0.39 is 12.1 Å². The zero-order valence-electron chi connectivity index (χ0n) is 8.82. The number of carboxylic acids is 1. The molecule has 0 aromatic rings. The molecule has 4 N–H and O–H groups in total. The molecular weight excluding hydrogens is 200 g/mol. The van der Waals surface area contributed by atoms with Crippen molar-refractivity contribution in [3.05, 3.63) is 0 Å². The summed E-state index contributed by atoms with van der Waals surface area (Å²) in [5.74, 6) is -1.46. The van der Waals surface area contributed by atoms with Gasteiger partial charge in [-0.2, -0.15) is 0 Å². The van der Waals surface area contributed by atoms with Crippen LogP contribution in [0.3, 0.4) is 0 Å². The molecular formula is C9H18N2O4. The Hall–Kier alpha value is -1.14. The van der Waals surface area contributed by atoms with Crippen LogP contribution >= 0.6 is 0 Å². The Morgan fingerprint density at radius 3 is 2.53 bits per heavy atom. The van der Waals surface area contributed by atoms with E-state index in [9.17, 15) is 9.59 Å². The highest BCUT2D eigenvalue weighted by Crippen LogP contribution is 1.88. The first kappa shape index (κ1) is 13.9. The first-order chi connectivity index (χ1) is 7.07. The highest BCUT2D eigenvalue weighted by Gasteiger charge is 2.12. The van der Waals surface area contributed by atoms with Gasteiger partial charge in [-0.15, -0.1) is 0 Å². The van der Waals surface area contributed by atoms with E-state index in [2.05, 4.69) is 10.6 Å². The molecule has 6 heteroatoms. The largest absolute Gasteiger partial charge is 0.479 e. The molecule has 88 valence electrons. The molecule has 0 saturated heterocycles. The third-order valence-corrected chi connectivity index (χ3v) is 1.74. The third-order valence-electron chi connectivity index (χ3n) is 1.74. The normalized spacial score (nSPS) is 12.1. The van der Waals surface area contributed by atoms with Gasteiger partial charge in [0.2, 0.25) is 5.91 Å². The van der Waals surface area contributed by atoms with Crippen LogP contribution in [-0.2, 0) is 9.59 Å². The number of hydrogen-bond donors (Lipinski definition) is 4. The number of aliphatic carboxylic acids is 1. The Morgan fingerprint density at radius 2 is 2.00 bits per heavy atom. The fourth-order valence-corrected chi connectivity index (χ4v) is 0.913. The lowest BCUT2D eigenvalue weighted by Gasteiger charge is -2.07. The average molecular weight is 218 g/mol. The Bertz CT molecular complexity index is 208. The van der Waals surface area contributed by atoms with Crippen molar-refractivity contribution in [2.45, 2.75) is 25.9 Å². The third kappa shape index (κ3) is 7.90. The van der Waals surface area contributed by atoms with Crippen molar-refractivity contribution in [1.29, 1.82) is 0 Å². The summed E-state index contributed by atoms with van der Waals surface area (Å²) in [6.07, 6.45) is -0.436. The van der Waals surface area contributed by atoms with Gasteiger partial charge >= 0.3 is 5.97 Å². The van der Waals surface area contributed by atoms with Gasteiger partial charge in [-0.25, -0.2) is 4.79 Å². The molecule has 0 aliphatic heterocycles. The number of rotatable bonds is 8. The summed E-state index contributed by atoms with van der Waals surface area (Å²) in [5.41, 5.74) is 0. The van der Waals surface area contributed by atoms with Crippen molar-refractivity contribution >= 4 is 11.9 Å². The van der Waals surface area contributed by atoms with Crippen molar-refractivity contribution < 1.29 is 19.8 Å². The van der Waals surface area contributed by atoms with Crippen molar-refractivity contribution in [1.82, 2.24) is 10.6 Å². The fourth-order valence-electron chi connectivity index (χ4n) is 0.913. The van der Waals surface area contributed by atoms with Crippen LogP contribution in [-0.4, -0.2) is 47.8 Å². The van der Waals surface area contributed by atoms with Crippen LogP contribution < -0.4 is 10.6 Å². The molecule has 0 radical (unpaired) electrons. The molecule has 1 unspecified atom stereocenters. The van der Waals surface area contributed by atoms with Crippen LogP contribution in [0, 0.1) is 0 Å². The number of carboxylic acid groups (broad SMARTS) is 1. The zero-order valence-corrected chi connectivity index (χ0v) is 8.82. The van der Waals surface area contributed by atoms with E-state index in [1.54, 1.807) is 0 Å². The molecule has 15 heavy (non-hydrogen) atoms. The summed E-state index contributed by atoms with van der Waals surface area (Å²) in [7, 11) is 0. The number of carbonyl (C=O) groups excluding carboxylic acids is 1. The lowest BCUT2D eigenvalue weighted by Crippen LogP contribution is -2.36. The second kappa shape index (κ2) is 8.19. The summed E-state index contributed by atoms with van der Waals surface area (Å²) >= 11 is 0. The van der Waals surface area contributed by atoms with Gasteiger partial charge in [-0.3, -0.25) is 4.79 Å². The van der Waals surface area contributed by atoms with Crippen LogP contribution in [0.5, 0.6) is 0 Å². The highest BCUT2D eigenvalue weighted by atomic mass is 16.4. The van der Waals surface area contributed by atoms with Gasteiger partial charge in [0, 0.05) is 13.0 Å². The van der Waals surface area contributed by atoms with Crippen molar-refractivity contribution in [2.24, 2.45) is 0 Å². The Balaban J connectivity index is 3.42. The predicted octanol–water partition coefficient (Wildman–Crippen LogP) is -1.06. The number of aliphatic hydroxyl groups is 1. The molecule has 0 bridgehead atoms. The Morgan fingerprint density at radius 1 is 1.33 bits per heavy atom. The van der Waals surface area contributed by atoms with Crippen molar-refractivity contribution in [3.8, 4) is 0 Å². The molecule has 0 aliphatic carbocycles. The molecule has 1 amide bonds. The van der Waals surface area contributed by atoms with Gasteiger partial charge < -0.3 is 20.8 Å². The monoisotopic (exact) mass is 218 g/mol. The molecule has 0 rings (SSSR count). The lowest BCUT2D eigenvalue weighted by atomic mass is 10.2. The Kier molecular flexibility index (Phi) is 7.57. The minimum absolute atomic E-state index is 0.0227. The predicted molar refractivity (Wildman–Crippen MR) is 54.4 cm³/mol. The van der Waals surface area contributed by atoms with Gasteiger partial charge in [0.05, 0.1) is 6.54 Å². The van der Waals surface area contributed by atoms with Crippen LogP contribution in [0.2, 0.25) is 0 Å². The fraction of sp³-hybridized carbons (Fsp3) is 0.778. The molecule has 0 saturated carbocycles. The van der Waals surface area contributed by atoms with Crippen LogP contribution in [0.4, 0.5) is 0 Å². The molecule has 0 aliphatic rings. The van der Waals surface area contributed by atoms with Gasteiger partial charge in [0.25, 0.3) is 0 Å². The van der Waals surface area contributed by atoms with Crippen LogP contribution in [0.1, 0.15) is 19.8 Å². The number of aliphatic hydroxyl groups excluding tert-OH is 1. The van der Waals surface area contributed by atoms with Crippen molar-refractivity contribution in [3.63, 3.8) is 0 Å². The summed E-state index contributed by atoms with van der Waals surface area (Å²) in [6.45, 7) is 3.15. The van der Waals surface area contributed by atoms with E-state index >= 15 is 0 Å².